The Kier molecular flexibility index (Phi) is 4.78. The summed E-state index contributed by atoms with van der Waals surface area (Å²) in [5, 5.41) is 12.1. The van der Waals surface area contributed by atoms with Crippen molar-refractivity contribution in [2.75, 3.05) is 4.90 Å². The Labute approximate surface area is 211 Å². The van der Waals surface area contributed by atoms with Gasteiger partial charge in [0.25, 0.3) is 5.69 Å². The van der Waals surface area contributed by atoms with Gasteiger partial charge in [0.1, 0.15) is 5.41 Å². The minimum atomic E-state index is -1.66. The molecule has 0 aromatic heterocycles. The predicted molar refractivity (Wildman–Crippen MR) is 135 cm³/mol. The van der Waals surface area contributed by atoms with Crippen LogP contribution in [0.1, 0.15) is 44.7 Å². The van der Waals surface area contributed by atoms with Crippen LogP contribution in [0, 0.1) is 15.5 Å². The number of halogens is 1. The number of hydrogen-bond acceptors (Lipinski definition) is 6. The van der Waals surface area contributed by atoms with Crippen molar-refractivity contribution in [1.82, 2.24) is 0 Å². The zero-order valence-corrected chi connectivity index (χ0v) is 19.8. The molecule has 0 N–H and O–H groups in total. The zero-order chi connectivity index (χ0) is 25.4. The standard InChI is InChI=1S/C28H19ClN2O5/c1-15(32)25-24(17-5-4-6-19(14-17)31(35)36)28(26(33)20-7-2-3-8-21(20)27(28)34)23-12-9-16-13-18(29)10-11-22(16)30(23)25/h2-14,23-25H,1H3/t23?,24-,25-/m0/s1. The minimum absolute atomic E-state index is 0.173. The van der Waals surface area contributed by atoms with Gasteiger partial charge in [-0.3, -0.25) is 24.5 Å². The Bertz CT molecular complexity index is 1510. The number of nitro groups is 1. The molecule has 1 saturated heterocycles. The van der Waals surface area contributed by atoms with E-state index in [1.807, 2.05) is 11.0 Å². The van der Waals surface area contributed by atoms with E-state index in [2.05, 4.69) is 0 Å². The molecule has 1 unspecified atom stereocenters. The molecule has 6 rings (SSSR count). The Morgan fingerprint density at radius 2 is 1.69 bits per heavy atom. The molecule has 36 heavy (non-hydrogen) atoms. The number of rotatable bonds is 3. The molecule has 2 heterocycles. The number of Topliss-reactive ketones (excluding diaryl/α,β-unsaturated/α-hetero) is 3. The van der Waals surface area contributed by atoms with Gasteiger partial charge in [-0.15, -0.1) is 0 Å². The van der Waals surface area contributed by atoms with Gasteiger partial charge in [-0.2, -0.15) is 0 Å². The third-order valence-corrected chi connectivity index (χ3v) is 7.86. The Hall–Kier alpha value is -4.10. The number of nitro benzene ring substituents is 1. The first-order valence-electron chi connectivity index (χ1n) is 11.5. The molecule has 0 bridgehead atoms. The number of carbonyl (C=O) groups is 3. The highest BCUT2D eigenvalue weighted by Crippen LogP contribution is 2.60. The van der Waals surface area contributed by atoms with E-state index in [0.717, 1.165) is 5.56 Å². The maximum atomic E-state index is 14.3. The summed E-state index contributed by atoms with van der Waals surface area (Å²) in [4.78, 5) is 54.8. The molecule has 8 heteroatoms. The van der Waals surface area contributed by atoms with E-state index in [-0.39, 0.29) is 23.0 Å². The normalized spacial score (nSPS) is 22.9. The van der Waals surface area contributed by atoms with Crippen molar-refractivity contribution in [3.8, 4) is 0 Å². The average Bonchev–Trinajstić information content (AvgIpc) is 3.30. The third kappa shape index (κ3) is 2.77. The molecule has 0 radical (unpaired) electrons. The second kappa shape index (κ2) is 7.70. The second-order valence-corrected chi connectivity index (χ2v) is 9.81. The lowest BCUT2D eigenvalue weighted by Crippen LogP contribution is -2.48. The van der Waals surface area contributed by atoms with Crippen LogP contribution in [0.3, 0.4) is 0 Å². The van der Waals surface area contributed by atoms with Crippen LogP contribution >= 0.6 is 11.6 Å². The lowest BCUT2D eigenvalue weighted by Gasteiger charge is -2.37. The van der Waals surface area contributed by atoms with Crippen LogP contribution in [0.4, 0.5) is 11.4 Å². The van der Waals surface area contributed by atoms with E-state index in [9.17, 15) is 24.5 Å². The number of non-ortho nitro benzene ring substituents is 1. The topological polar surface area (TPSA) is 97.6 Å². The van der Waals surface area contributed by atoms with Crippen molar-refractivity contribution in [2.24, 2.45) is 5.41 Å². The van der Waals surface area contributed by atoms with Crippen molar-refractivity contribution in [3.63, 3.8) is 0 Å². The molecule has 0 saturated carbocycles. The predicted octanol–water partition coefficient (Wildman–Crippen LogP) is 5.27. The number of nitrogens with zero attached hydrogens (tertiary/aromatic N) is 2. The van der Waals surface area contributed by atoms with E-state index in [4.69, 9.17) is 11.6 Å². The van der Waals surface area contributed by atoms with E-state index < -0.39 is 28.3 Å². The number of fused-ring (bicyclic) bond motifs is 5. The Balaban J connectivity index is 1.68. The molecule has 2 aliphatic heterocycles. The minimum Gasteiger partial charge on any atom is -0.352 e. The quantitative estimate of drug-likeness (QED) is 0.277. The monoisotopic (exact) mass is 498 g/mol. The Morgan fingerprint density at radius 1 is 1.00 bits per heavy atom. The summed E-state index contributed by atoms with van der Waals surface area (Å²) in [6, 6.07) is 16.1. The maximum Gasteiger partial charge on any atom is 0.269 e. The van der Waals surface area contributed by atoms with Crippen LogP contribution in [-0.4, -0.2) is 34.4 Å². The van der Waals surface area contributed by atoms with Gasteiger partial charge in [0, 0.05) is 39.9 Å². The number of benzene rings is 3. The maximum absolute atomic E-state index is 14.3. The van der Waals surface area contributed by atoms with Gasteiger partial charge in [-0.1, -0.05) is 60.2 Å². The van der Waals surface area contributed by atoms with Crippen molar-refractivity contribution in [2.45, 2.75) is 24.9 Å². The number of ketones is 3. The molecule has 7 nitrogen and oxygen atoms in total. The van der Waals surface area contributed by atoms with E-state index in [1.165, 1.54) is 25.1 Å². The number of carbonyl (C=O) groups excluding carboxylic acids is 3. The fourth-order valence-corrected chi connectivity index (χ4v) is 6.49. The van der Waals surface area contributed by atoms with E-state index in [0.29, 0.717) is 27.4 Å². The Morgan fingerprint density at radius 3 is 2.33 bits per heavy atom. The SMILES string of the molecule is CC(=O)[C@H]1[C@H](c2cccc([N+](=O)[O-])c2)C2(C(=O)c3ccccc3C2=O)C2C=Cc3cc(Cl)ccc3N21. The van der Waals surface area contributed by atoms with Crippen molar-refractivity contribution >= 4 is 46.4 Å². The lowest BCUT2D eigenvalue weighted by atomic mass is 9.64. The van der Waals surface area contributed by atoms with Crippen molar-refractivity contribution in [3.05, 3.63) is 110 Å². The van der Waals surface area contributed by atoms with Crippen molar-refractivity contribution in [1.29, 1.82) is 0 Å². The van der Waals surface area contributed by atoms with Gasteiger partial charge in [0.05, 0.1) is 17.0 Å². The smallest absolute Gasteiger partial charge is 0.269 e. The largest absolute Gasteiger partial charge is 0.352 e. The first-order valence-corrected chi connectivity index (χ1v) is 11.8. The van der Waals surface area contributed by atoms with Gasteiger partial charge in [-0.25, -0.2) is 0 Å². The number of anilines is 1. The molecular formula is C28H19ClN2O5. The van der Waals surface area contributed by atoms with Crippen LogP contribution < -0.4 is 4.90 Å². The van der Waals surface area contributed by atoms with Crippen LogP contribution in [0.15, 0.2) is 72.8 Å². The van der Waals surface area contributed by atoms with Crippen LogP contribution in [-0.2, 0) is 4.79 Å². The first-order chi connectivity index (χ1) is 17.3. The summed E-state index contributed by atoms with van der Waals surface area (Å²) in [7, 11) is 0. The summed E-state index contributed by atoms with van der Waals surface area (Å²) in [5.41, 5.74) is 0.606. The second-order valence-electron chi connectivity index (χ2n) is 9.37. The van der Waals surface area contributed by atoms with Gasteiger partial charge in [0.2, 0.25) is 0 Å². The van der Waals surface area contributed by atoms with Gasteiger partial charge in [-0.05, 0) is 36.2 Å². The number of hydrogen-bond donors (Lipinski definition) is 0. The molecule has 3 atom stereocenters. The summed E-state index contributed by atoms with van der Waals surface area (Å²) < 4.78 is 0. The van der Waals surface area contributed by atoms with E-state index >= 15 is 0 Å². The van der Waals surface area contributed by atoms with Gasteiger partial charge < -0.3 is 4.90 Å². The molecule has 3 aromatic carbocycles. The molecular weight excluding hydrogens is 480 g/mol. The highest BCUT2D eigenvalue weighted by Gasteiger charge is 2.71. The molecule has 1 spiro atoms. The summed E-state index contributed by atoms with van der Waals surface area (Å²) in [5.74, 6) is -1.94. The summed E-state index contributed by atoms with van der Waals surface area (Å²) >= 11 is 6.23. The summed E-state index contributed by atoms with van der Waals surface area (Å²) in [6.45, 7) is 1.43. The van der Waals surface area contributed by atoms with E-state index in [1.54, 1.807) is 54.6 Å². The van der Waals surface area contributed by atoms with Gasteiger partial charge in [0.15, 0.2) is 17.3 Å². The molecule has 1 aliphatic carbocycles. The molecule has 0 amide bonds. The summed E-state index contributed by atoms with van der Waals surface area (Å²) in [6.07, 6.45) is 3.61. The molecule has 3 aromatic rings. The van der Waals surface area contributed by atoms with Crippen LogP contribution in [0.2, 0.25) is 5.02 Å². The fraction of sp³-hybridized carbons (Fsp3) is 0.179. The highest BCUT2D eigenvalue weighted by molar-refractivity contribution is 6.32. The highest BCUT2D eigenvalue weighted by atomic mass is 35.5. The van der Waals surface area contributed by atoms with Crippen LogP contribution in [0.5, 0.6) is 0 Å². The third-order valence-electron chi connectivity index (χ3n) is 7.62. The first kappa shape index (κ1) is 22.4. The molecule has 3 aliphatic rings. The van der Waals surface area contributed by atoms with Gasteiger partial charge >= 0.3 is 0 Å². The average molecular weight is 499 g/mol. The fourth-order valence-electron chi connectivity index (χ4n) is 6.31. The molecule has 178 valence electrons. The van der Waals surface area contributed by atoms with Crippen molar-refractivity contribution < 1.29 is 19.3 Å². The molecule has 1 fully saturated rings. The lowest BCUT2D eigenvalue weighted by molar-refractivity contribution is -0.384. The zero-order valence-electron chi connectivity index (χ0n) is 19.1. The van der Waals surface area contributed by atoms with Crippen LogP contribution in [0.25, 0.3) is 6.08 Å².